The molecule has 3 fully saturated rings. The van der Waals surface area contributed by atoms with Crippen LogP contribution in [0.2, 0.25) is 0 Å². The topological polar surface area (TPSA) is 32.7 Å². The van der Waals surface area contributed by atoms with Gasteiger partial charge in [0.1, 0.15) is 0 Å². The molecule has 0 aromatic carbocycles. The molecule has 1 heterocycles. The minimum Gasteiger partial charge on any atom is -0.388 e. The van der Waals surface area contributed by atoms with Crippen LogP contribution in [0.5, 0.6) is 0 Å². The second-order valence-corrected chi connectivity index (χ2v) is 6.03. The highest BCUT2D eigenvalue weighted by Gasteiger charge is 2.49. The summed E-state index contributed by atoms with van der Waals surface area (Å²) in [6, 6.07) is 0.408. The molecule has 1 saturated heterocycles. The Morgan fingerprint density at radius 2 is 1.76 bits per heavy atom. The van der Waals surface area contributed by atoms with Gasteiger partial charge < -0.3 is 9.84 Å². The van der Waals surface area contributed by atoms with Crippen molar-refractivity contribution >= 4 is 0 Å². The van der Waals surface area contributed by atoms with E-state index in [2.05, 4.69) is 4.90 Å². The van der Waals surface area contributed by atoms with E-state index in [1.807, 2.05) is 0 Å². The smallest absolute Gasteiger partial charge is 0.0830 e. The van der Waals surface area contributed by atoms with Crippen molar-refractivity contribution in [3.63, 3.8) is 0 Å². The molecule has 0 aromatic heterocycles. The van der Waals surface area contributed by atoms with E-state index < -0.39 is 0 Å². The largest absolute Gasteiger partial charge is 0.388 e. The molecule has 98 valence electrons. The fourth-order valence-corrected chi connectivity index (χ4v) is 4.28. The van der Waals surface area contributed by atoms with Crippen molar-refractivity contribution in [1.29, 1.82) is 0 Å². The molecule has 2 aliphatic carbocycles. The summed E-state index contributed by atoms with van der Waals surface area (Å²) >= 11 is 0. The molecule has 3 aliphatic rings. The Morgan fingerprint density at radius 1 is 1.00 bits per heavy atom. The van der Waals surface area contributed by atoms with Crippen LogP contribution in [0.15, 0.2) is 0 Å². The number of nitrogens with zero attached hydrogens (tertiary/aromatic N) is 1. The number of fused-ring (bicyclic) bond motifs is 1. The van der Waals surface area contributed by atoms with Gasteiger partial charge in [0.05, 0.1) is 18.8 Å². The van der Waals surface area contributed by atoms with E-state index in [1.54, 1.807) is 0 Å². The monoisotopic (exact) mass is 239 g/mol. The summed E-state index contributed by atoms with van der Waals surface area (Å²) in [4.78, 5) is 2.50. The molecule has 0 aromatic rings. The Hall–Kier alpha value is -0.120. The lowest BCUT2D eigenvalue weighted by molar-refractivity contribution is -0.145. The van der Waals surface area contributed by atoms with Crippen LogP contribution >= 0.6 is 0 Å². The van der Waals surface area contributed by atoms with Crippen molar-refractivity contribution in [3.8, 4) is 0 Å². The van der Waals surface area contributed by atoms with Crippen LogP contribution in [0.4, 0.5) is 0 Å². The quantitative estimate of drug-likeness (QED) is 0.757. The van der Waals surface area contributed by atoms with Crippen LogP contribution in [-0.2, 0) is 4.74 Å². The predicted octanol–water partition coefficient (Wildman–Crippen LogP) is 1.79. The fraction of sp³-hybridized carbons (Fsp3) is 1.00. The van der Waals surface area contributed by atoms with Gasteiger partial charge in [-0.1, -0.05) is 19.3 Å². The van der Waals surface area contributed by atoms with Crippen LogP contribution in [0.1, 0.15) is 44.9 Å². The molecule has 3 heteroatoms. The first-order chi connectivity index (χ1) is 8.31. The first-order valence-corrected chi connectivity index (χ1v) is 7.35. The summed E-state index contributed by atoms with van der Waals surface area (Å²) in [6.45, 7) is 3.72. The van der Waals surface area contributed by atoms with Crippen LogP contribution in [-0.4, -0.2) is 48.0 Å². The van der Waals surface area contributed by atoms with E-state index in [0.717, 1.165) is 32.7 Å². The summed E-state index contributed by atoms with van der Waals surface area (Å²) in [5.74, 6) is 0.567. The molecule has 0 spiro atoms. The summed E-state index contributed by atoms with van der Waals surface area (Å²) in [5, 5.41) is 11.1. The lowest BCUT2D eigenvalue weighted by atomic mass is 9.64. The Labute approximate surface area is 104 Å². The molecular formula is C14H25NO2. The van der Waals surface area contributed by atoms with Crippen molar-refractivity contribution in [2.24, 2.45) is 5.92 Å². The minimum absolute atomic E-state index is 0.381. The molecule has 0 amide bonds. The van der Waals surface area contributed by atoms with E-state index in [9.17, 15) is 5.11 Å². The van der Waals surface area contributed by atoms with E-state index in [4.69, 9.17) is 4.74 Å². The minimum atomic E-state index is -0.381. The van der Waals surface area contributed by atoms with Gasteiger partial charge in [-0.2, -0.15) is 0 Å². The highest BCUT2D eigenvalue weighted by atomic mass is 16.5. The lowest BCUT2D eigenvalue weighted by Crippen LogP contribution is -2.61. The van der Waals surface area contributed by atoms with Crippen LogP contribution in [0.25, 0.3) is 0 Å². The normalized spacial score (nSPS) is 44.3. The summed E-state index contributed by atoms with van der Waals surface area (Å²) < 4.78 is 5.44. The highest BCUT2D eigenvalue weighted by molar-refractivity contribution is 5.03. The molecule has 3 atom stereocenters. The summed E-state index contributed by atoms with van der Waals surface area (Å²) in [5.41, 5.74) is -0.381. The van der Waals surface area contributed by atoms with Gasteiger partial charge in [0.25, 0.3) is 0 Å². The Bertz CT molecular complexity index is 263. The molecule has 2 saturated carbocycles. The lowest BCUT2D eigenvalue weighted by Gasteiger charge is -2.53. The highest BCUT2D eigenvalue weighted by Crippen LogP contribution is 2.45. The number of morpholine rings is 1. The predicted molar refractivity (Wildman–Crippen MR) is 66.9 cm³/mol. The Kier molecular flexibility index (Phi) is 3.42. The zero-order valence-corrected chi connectivity index (χ0v) is 10.7. The fourth-order valence-electron chi connectivity index (χ4n) is 4.28. The molecule has 1 aliphatic heterocycles. The van der Waals surface area contributed by atoms with E-state index in [-0.39, 0.29) is 5.60 Å². The van der Waals surface area contributed by atoms with Gasteiger partial charge in [-0.15, -0.1) is 0 Å². The standard InChI is InChI=1S/C14H25NO2/c16-14-7-2-1-4-12(14)5-3-6-13(14)15-8-10-17-11-9-15/h12-13,16H,1-11H2. The molecular weight excluding hydrogens is 214 g/mol. The van der Waals surface area contributed by atoms with Crippen LogP contribution in [0.3, 0.4) is 0 Å². The van der Waals surface area contributed by atoms with Gasteiger partial charge in [-0.25, -0.2) is 0 Å². The second kappa shape index (κ2) is 4.87. The maximum Gasteiger partial charge on any atom is 0.0830 e. The molecule has 3 unspecified atom stereocenters. The zero-order valence-electron chi connectivity index (χ0n) is 10.7. The number of hydrogen-bond acceptors (Lipinski definition) is 3. The van der Waals surface area contributed by atoms with Crippen molar-refractivity contribution in [1.82, 2.24) is 4.90 Å². The van der Waals surface area contributed by atoms with Gasteiger partial charge in [0.2, 0.25) is 0 Å². The number of ether oxygens (including phenoxy) is 1. The van der Waals surface area contributed by atoms with Crippen LogP contribution < -0.4 is 0 Å². The van der Waals surface area contributed by atoms with Gasteiger partial charge in [-0.3, -0.25) is 4.90 Å². The number of aliphatic hydroxyl groups is 1. The third-order valence-corrected chi connectivity index (χ3v) is 5.18. The van der Waals surface area contributed by atoms with Gasteiger partial charge in [0.15, 0.2) is 0 Å². The molecule has 0 bridgehead atoms. The third kappa shape index (κ3) is 2.13. The maximum atomic E-state index is 11.1. The maximum absolute atomic E-state index is 11.1. The molecule has 17 heavy (non-hydrogen) atoms. The van der Waals surface area contributed by atoms with E-state index in [1.165, 1.54) is 38.5 Å². The van der Waals surface area contributed by atoms with E-state index in [0.29, 0.717) is 12.0 Å². The number of hydrogen-bond donors (Lipinski definition) is 1. The van der Waals surface area contributed by atoms with Gasteiger partial charge in [-0.05, 0) is 31.6 Å². The van der Waals surface area contributed by atoms with E-state index >= 15 is 0 Å². The molecule has 3 nitrogen and oxygen atoms in total. The van der Waals surface area contributed by atoms with Crippen molar-refractivity contribution in [2.45, 2.75) is 56.6 Å². The number of rotatable bonds is 1. The van der Waals surface area contributed by atoms with Crippen molar-refractivity contribution < 1.29 is 9.84 Å². The van der Waals surface area contributed by atoms with Crippen molar-refractivity contribution in [3.05, 3.63) is 0 Å². The zero-order chi connectivity index (χ0) is 11.7. The van der Waals surface area contributed by atoms with Crippen molar-refractivity contribution in [2.75, 3.05) is 26.3 Å². The first-order valence-electron chi connectivity index (χ1n) is 7.35. The van der Waals surface area contributed by atoms with Crippen LogP contribution in [0, 0.1) is 5.92 Å². The molecule has 0 radical (unpaired) electrons. The van der Waals surface area contributed by atoms with Gasteiger partial charge >= 0.3 is 0 Å². The SMILES string of the molecule is OC12CCCCC1CCCC2N1CCOCC1. The Balaban J connectivity index is 1.76. The second-order valence-electron chi connectivity index (χ2n) is 6.03. The Morgan fingerprint density at radius 3 is 2.59 bits per heavy atom. The first kappa shape index (κ1) is 11.9. The summed E-state index contributed by atoms with van der Waals surface area (Å²) in [6.07, 6.45) is 8.55. The third-order valence-electron chi connectivity index (χ3n) is 5.18. The average Bonchev–Trinajstić information content (AvgIpc) is 2.38. The molecule has 1 N–H and O–H groups in total. The average molecular weight is 239 g/mol. The van der Waals surface area contributed by atoms with Gasteiger partial charge in [0, 0.05) is 19.1 Å². The molecule has 3 rings (SSSR count). The summed E-state index contributed by atoms with van der Waals surface area (Å²) in [7, 11) is 0.